The van der Waals surface area contributed by atoms with E-state index in [0.29, 0.717) is 44.7 Å². The molecule has 9 heteroatoms. The molecule has 0 radical (unpaired) electrons. The fraction of sp³-hybridized carbons (Fsp3) is 0.727. The number of nitrogens with zero attached hydrogens (tertiary/aromatic N) is 4. The van der Waals surface area contributed by atoms with E-state index in [1.165, 1.54) is 0 Å². The van der Waals surface area contributed by atoms with E-state index >= 15 is 0 Å². The normalized spacial score (nSPS) is 15.5. The minimum absolute atomic E-state index is 0.0993. The molecule has 0 bridgehead atoms. The molecule has 0 aromatic carbocycles. The molecule has 1 saturated heterocycles. The standard InChI is InChI=1S/C11H17F2N5O2/c1-2-14-9-15-10(18-3-5-19-6-4-18)17-11(16-9)20-7-8(12)13/h8H,2-7H2,1H3,(H,14,15,16,17). The highest BCUT2D eigenvalue weighted by atomic mass is 19.3. The zero-order chi connectivity index (χ0) is 14.4. The van der Waals surface area contributed by atoms with E-state index in [2.05, 4.69) is 20.3 Å². The molecule has 0 unspecified atom stereocenters. The summed E-state index contributed by atoms with van der Waals surface area (Å²) in [5, 5.41) is 2.93. The lowest BCUT2D eigenvalue weighted by atomic mass is 10.4. The van der Waals surface area contributed by atoms with Crippen molar-refractivity contribution in [2.45, 2.75) is 13.3 Å². The molecule has 2 heterocycles. The van der Waals surface area contributed by atoms with Gasteiger partial charge in [-0.15, -0.1) is 0 Å². The molecule has 1 aliphatic rings. The SMILES string of the molecule is CCNc1nc(OCC(F)F)nc(N2CCOCC2)n1. The summed E-state index contributed by atoms with van der Waals surface area (Å²) in [6, 6.07) is -0.0993. The summed E-state index contributed by atoms with van der Waals surface area (Å²) in [4.78, 5) is 14.2. The molecule has 1 aromatic heterocycles. The zero-order valence-corrected chi connectivity index (χ0v) is 11.2. The van der Waals surface area contributed by atoms with Crippen molar-refractivity contribution in [3.05, 3.63) is 0 Å². The minimum Gasteiger partial charge on any atom is -0.457 e. The molecule has 7 nitrogen and oxygen atoms in total. The van der Waals surface area contributed by atoms with Crippen LogP contribution < -0.4 is 15.0 Å². The Morgan fingerprint density at radius 1 is 1.30 bits per heavy atom. The zero-order valence-electron chi connectivity index (χ0n) is 11.2. The monoisotopic (exact) mass is 289 g/mol. The average molecular weight is 289 g/mol. The molecule has 1 N–H and O–H groups in total. The minimum atomic E-state index is -2.57. The van der Waals surface area contributed by atoms with E-state index in [9.17, 15) is 8.78 Å². The number of hydrogen-bond donors (Lipinski definition) is 1. The number of halogens is 2. The summed E-state index contributed by atoms with van der Waals surface area (Å²) in [7, 11) is 0. The van der Waals surface area contributed by atoms with Crippen LogP contribution in [-0.4, -0.2) is 60.8 Å². The number of hydrogen-bond acceptors (Lipinski definition) is 7. The highest BCUT2D eigenvalue weighted by Crippen LogP contribution is 2.16. The second-order valence-electron chi connectivity index (χ2n) is 4.07. The van der Waals surface area contributed by atoms with Gasteiger partial charge in [-0.05, 0) is 6.92 Å². The van der Waals surface area contributed by atoms with Crippen molar-refractivity contribution in [2.75, 3.05) is 49.7 Å². The Morgan fingerprint density at radius 2 is 2.05 bits per heavy atom. The van der Waals surface area contributed by atoms with Crippen molar-refractivity contribution in [1.82, 2.24) is 15.0 Å². The van der Waals surface area contributed by atoms with Gasteiger partial charge in [-0.2, -0.15) is 15.0 Å². The van der Waals surface area contributed by atoms with Crippen LogP contribution in [0.25, 0.3) is 0 Å². The van der Waals surface area contributed by atoms with Crippen LogP contribution in [0.4, 0.5) is 20.7 Å². The maximum Gasteiger partial charge on any atom is 0.323 e. The highest BCUT2D eigenvalue weighted by Gasteiger charge is 2.17. The second-order valence-corrected chi connectivity index (χ2v) is 4.07. The molecule has 0 atom stereocenters. The molecule has 2 rings (SSSR count). The third-order valence-corrected chi connectivity index (χ3v) is 2.57. The predicted molar refractivity (Wildman–Crippen MR) is 68.5 cm³/mol. The second kappa shape index (κ2) is 7.13. The molecule has 1 fully saturated rings. The third kappa shape index (κ3) is 4.12. The predicted octanol–water partition coefficient (Wildman–Crippen LogP) is 0.784. The van der Waals surface area contributed by atoms with Crippen LogP contribution in [0.2, 0.25) is 0 Å². The summed E-state index contributed by atoms with van der Waals surface area (Å²) in [5.41, 5.74) is 0. The largest absolute Gasteiger partial charge is 0.457 e. The van der Waals surface area contributed by atoms with Crippen molar-refractivity contribution >= 4 is 11.9 Å². The number of aromatic nitrogens is 3. The molecule has 0 aliphatic carbocycles. The van der Waals surface area contributed by atoms with Crippen LogP contribution in [0.1, 0.15) is 6.92 Å². The number of ether oxygens (including phenoxy) is 2. The van der Waals surface area contributed by atoms with Crippen molar-refractivity contribution in [3.63, 3.8) is 0 Å². The molecule has 1 aromatic rings. The van der Waals surface area contributed by atoms with Crippen LogP contribution in [-0.2, 0) is 4.74 Å². The Hall–Kier alpha value is -1.77. The molecule has 1 aliphatic heterocycles. The summed E-state index contributed by atoms with van der Waals surface area (Å²) in [6.07, 6.45) is -2.57. The number of morpholine rings is 1. The Bertz CT molecular complexity index is 429. The van der Waals surface area contributed by atoms with Gasteiger partial charge in [-0.25, -0.2) is 8.78 Å². The van der Waals surface area contributed by atoms with E-state index in [4.69, 9.17) is 9.47 Å². The fourth-order valence-corrected chi connectivity index (χ4v) is 1.69. The maximum atomic E-state index is 12.2. The lowest BCUT2D eigenvalue weighted by Gasteiger charge is -2.26. The Morgan fingerprint density at radius 3 is 2.70 bits per heavy atom. The average Bonchev–Trinajstić information content (AvgIpc) is 2.46. The first kappa shape index (κ1) is 14.6. The van der Waals surface area contributed by atoms with Crippen LogP contribution in [0, 0.1) is 0 Å². The van der Waals surface area contributed by atoms with Crippen molar-refractivity contribution < 1.29 is 18.3 Å². The lowest BCUT2D eigenvalue weighted by Crippen LogP contribution is -2.37. The van der Waals surface area contributed by atoms with Gasteiger partial charge in [0, 0.05) is 19.6 Å². The van der Waals surface area contributed by atoms with Gasteiger partial charge in [0.1, 0.15) is 0 Å². The number of nitrogens with one attached hydrogen (secondary N) is 1. The summed E-state index contributed by atoms with van der Waals surface area (Å²) < 4.78 is 34.5. The smallest absolute Gasteiger partial charge is 0.323 e. The maximum absolute atomic E-state index is 12.2. The van der Waals surface area contributed by atoms with E-state index in [0.717, 1.165) is 0 Å². The van der Waals surface area contributed by atoms with Gasteiger partial charge in [0.25, 0.3) is 6.43 Å². The molecular weight excluding hydrogens is 272 g/mol. The van der Waals surface area contributed by atoms with E-state index in [1.54, 1.807) is 0 Å². The number of alkyl halides is 2. The van der Waals surface area contributed by atoms with Crippen molar-refractivity contribution in [3.8, 4) is 6.01 Å². The lowest BCUT2D eigenvalue weighted by molar-refractivity contribution is 0.0769. The van der Waals surface area contributed by atoms with Gasteiger partial charge in [0.15, 0.2) is 6.61 Å². The van der Waals surface area contributed by atoms with Gasteiger partial charge in [-0.3, -0.25) is 0 Å². The quantitative estimate of drug-likeness (QED) is 0.829. The first-order chi connectivity index (χ1) is 9.69. The number of anilines is 2. The van der Waals surface area contributed by atoms with Crippen molar-refractivity contribution in [2.24, 2.45) is 0 Å². The Kier molecular flexibility index (Phi) is 5.22. The van der Waals surface area contributed by atoms with Gasteiger partial charge in [-0.1, -0.05) is 0 Å². The van der Waals surface area contributed by atoms with Crippen LogP contribution in [0.3, 0.4) is 0 Å². The van der Waals surface area contributed by atoms with Crippen LogP contribution in [0.5, 0.6) is 6.01 Å². The first-order valence-corrected chi connectivity index (χ1v) is 6.42. The Labute approximate surface area is 115 Å². The molecular formula is C11H17F2N5O2. The van der Waals surface area contributed by atoms with Crippen LogP contribution in [0.15, 0.2) is 0 Å². The molecule has 20 heavy (non-hydrogen) atoms. The first-order valence-electron chi connectivity index (χ1n) is 6.42. The van der Waals surface area contributed by atoms with Gasteiger partial charge in [0.2, 0.25) is 11.9 Å². The highest BCUT2D eigenvalue weighted by molar-refractivity contribution is 5.38. The van der Waals surface area contributed by atoms with Crippen molar-refractivity contribution in [1.29, 1.82) is 0 Å². The summed E-state index contributed by atoms with van der Waals surface area (Å²) >= 11 is 0. The molecule has 112 valence electrons. The third-order valence-electron chi connectivity index (χ3n) is 2.57. The number of rotatable bonds is 6. The van der Waals surface area contributed by atoms with Gasteiger partial charge >= 0.3 is 6.01 Å². The van der Waals surface area contributed by atoms with Gasteiger partial charge < -0.3 is 19.7 Å². The Balaban J connectivity index is 2.15. The summed E-state index contributed by atoms with van der Waals surface area (Å²) in [6.45, 7) is 4.20. The van der Waals surface area contributed by atoms with E-state index < -0.39 is 13.0 Å². The molecule has 0 saturated carbocycles. The summed E-state index contributed by atoms with van der Waals surface area (Å²) in [5.74, 6) is 0.719. The van der Waals surface area contributed by atoms with Crippen LogP contribution >= 0.6 is 0 Å². The van der Waals surface area contributed by atoms with Gasteiger partial charge in [0.05, 0.1) is 13.2 Å². The fourth-order valence-electron chi connectivity index (χ4n) is 1.69. The topological polar surface area (TPSA) is 72.4 Å². The van der Waals surface area contributed by atoms with E-state index in [-0.39, 0.29) is 6.01 Å². The molecule has 0 spiro atoms. The van der Waals surface area contributed by atoms with E-state index in [1.807, 2.05) is 11.8 Å². The molecule has 0 amide bonds.